The van der Waals surface area contributed by atoms with Gasteiger partial charge in [-0.1, -0.05) is 30.3 Å². The Labute approximate surface area is 192 Å². The molecule has 0 radical (unpaired) electrons. The Kier molecular flexibility index (Phi) is 5.18. The fraction of sp³-hybridized carbons (Fsp3) is 0.292. The van der Waals surface area contributed by atoms with E-state index >= 15 is 0 Å². The van der Waals surface area contributed by atoms with Crippen molar-refractivity contribution in [2.45, 2.75) is 25.7 Å². The maximum atomic E-state index is 13.4. The van der Waals surface area contributed by atoms with Gasteiger partial charge in [-0.15, -0.1) is 0 Å². The molecule has 2 aromatic carbocycles. The number of amides is 1. The second-order valence-electron chi connectivity index (χ2n) is 8.44. The third-order valence-corrected chi connectivity index (χ3v) is 8.06. The number of rotatable bonds is 3. The van der Waals surface area contributed by atoms with Crippen LogP contribution in [0.1, 0.15) is 27.4 Å². The molecule has 4 aromatic rings. The van der Waals surface area contributed by atoms with Crippen LogP contribution in [0.15, 0.2) is 53.4 Å². The van der Waals surface area contributed by atoms with Crippen LogP contribution in [0.2, 0.25) is 0 Å². The minimum Gasteiger partial charge on any atom is -0.336 e. The van der Waals surface area contributed by atoms with Crippen molar-refractivity contribution >= 4 is 32.4 Å². The molecule has 1 aliphatic rings. The molecule has 33 heavy (non-hydrogen) atoms. The van der Waals surface area contributed by atoms with E-state index in [4.69, 9.17) is 0 Å². The molecule has 0 bridgehead atoms. The van der Waals surface area contributed by atoms with Crippen LogP contribution >= 0.6 is 0 Å². The Bertz CT molecular complexity index is 1500. The van der Waals surface area contributed by atoms with Crippen LogP contribution < -0.4 is 0 Å². The van der Waals surface area contributed by atoms with Gasteiger partial charge in [-0.3, -0.25) is 4.79 Å². The first-order valence-electron chi connectivity index (χ1n) is 10.9. The maximum Gasteiger partial charge on any atom is 0.259 e. The monoisotopic (exact) mass is 463 g/mol. The van der Waals surface area contributed by atoms with Crippen LogP contribution in [0.3, 0.4) is 0 Å². The van der Waals surface area contributed by atoms with Gasteiger partial charge in [-0.2, -0.15) is 9.40 Å². The summed E-state index contributed by atoms with van der Waals surface area (Å²) in [6.45, 7) is 6.73. The van der Waals surface area contributed by atoms with Gasteiger partial charge in [-0.25, -0.2) is 17.9 Å². The van der Waals surface area contributed by atoms with Crippen LogP contribution in [0.5, 0.6) is 0 Å². The molecular weight excluding hydrogens is 438 g/mol. The Morgan fingerprint density at radius 1 is 0.909 bits per heavy atom. The van der Waals surface area contributed by atoms with Gasteiger partial charge in [0.25, 0.3) is 5.91 Å². The van der Waals surface area contributed by atoms with Crippen molar-refractivity contribution in [2.75, 3.05) is 26.2 Å². The fourth-order valence-corrected chi connectivity index (χ4v) is 5.90. The Balaban J connectivity index is 1.37. The first kappa shape index (κ1) is 21.5. The highest BCUT2D eigenvalue weighted by Gasteiger charge is 2.32. The van der Waals surface area contributed by atoms with Crippen LogP contribution in [-0.4, -0.2) is 64.3 Å². The third-order valence-electron chi connectivity index (χ3n) is 6.17. The van der Waals surface area contributed by atoms with Gasteiger partial charge in [0.2, 0.25) is 10.0 Å². The van der Waals surface area contributed by atoms with Gasteiger partial charge < -0.3 is 4.90 Å². The van der Waals surface area contributed by atoms with Crippen molar-refractivity contribution in [3.05, 3.63) is 71.2 Å². The van der Waals surface area contributed by atoms with Gasteiger partial charge in [0, 0.05) is 37.6 Å². The standard InChI is InChI=1S/C24H25N5O3S/c1-16-14-17(2)29-23(25-16)22(18(3)26-29)24(30)27-10-12-28(13-11-27)33(31,32)21-9-8-19-6-4-5-7-20(19)15-21/h4-9,14-15H,10-13H2,1-3H3. The number of aryl methyl sites for hydroxylation is 3. The molecule has 1 fully saturated rings. The highest BCUT2D eigenvalue weighted by atomic mass is 32.2. The second kappa shape index (κ2) is 7.93. The maximum absolute atomic E-state index is 13.4. The molecule has 170 valence electrons. The number of hydrogen-bond donors (Lipinski definition) is 0. The summed E-state index contributed by atoms with van der Waals surface area (Å²) in [5.74, 6) is -0.164. The molecule has 8 nitrogen and oxygen atoms in total. The van der Waals surface area contributed by atoms with Crippen LogP contribution in [0.25, 0.3) is 16.4 Å². The van der Waals surface area contributed by atoms with Crippen molar-refractivity contribution in [3.8, 4) is 0 Å². The third kappa shape index (κ3) is 3.67. The smallest absolute Gasteiger partial charge is 0.259 e. The highest BCUT2D eigenvalue weighted by Crippen LogP contribution is 2.24. The number of nitrogens with zero attached hydrogens (tertiary/aromatic N) is 5. The quantitative estimate of drug-likeness (QED) is 0.466. The summed E-state index contributed by atoms with van der Waals surface area (Å²) < 4.78 is 29.6. The van der Waals surface area contributed by atoms with E-state index < -0.39 is 10.0 Å². The van der Waals surface area contributed by atoms with E-state index in [0.717, 1.165) is 22.2 Å². The zero-order chi connectivity index (χ0) is 23.3. The van der Waals surface area contributed by atoms with Gasteiger partial charge in [0.15, 0.2) is 5.65 Å². The van der Waals surface area contributed by atoms with E-state index in [9.17, 15) is 13.2 Å². The van der Waals surface area contributed by atoms with Gasteiger partial charge in [0.1, 0.15) is 5.56 Å². The number of carbonyl (C=O) groups is 1. The summed E-state index contributed by atoms with van der Waals surface area (Å²) in [4.78, 5) is 19.9. The van der Waals surface area contributed by atoms with Crippen LogP contribution in [0.4, 0.5) is 0 Å². The number of piperazine rings is 1. The van der Waals surface area contributed by atoms with Gasteiger partial charge in [-0.05, 0) is 49.7 Å². The Morgan fingerprint density at radius 2 is 1.61 bits per heavy atom. The SMILES string of the molecule is Cc1cc(C)n2nc(C)c(C(=O)N3CCN(S(=O)(=O)c4ccc5ccccc5c4)CC3)c2n1. The molecular formula is C24H25N5O3S. The molecule has 9 heteroatoms. The van der Waals surface area contributed by atoms with Gasteiger partial charge >= 0.3 is 0 Å². The van der Waals surface area contributed by atoms with Crippen LogP contribution in [0, 0.1) is 20.8 Å². The average molecular weight is 464 g/mol. The highest BCUT2D eigenvalue weighted by molar-refractivity contribution is 7.89. The number of sulfonamides is 1. The summed E-state index contributed by atoms with van der Waals surface area (Å²) in [6, 6.07) is 14.8. The van der Waals surface area contributed by atoms with Crippen molar-refractivity contribution in [1.82, 2.24) is 23.8 Å². The topological polar surface area (TPSA) is 87.9 Å². The molecule has 1 saturated heterocycles. The molecule has 0 spiro atoms. The number of aromatic nitrogens is 3. The van der Waals surface area contributed by atoms with E-state index in [-0.39, 0.29) is 23.9 Å². The lowest BCUT2D eigenvalue weighted by Gasteiger charge is -2.34. The first-order valence-corrected chi connectivity index (χ1v) is 12.3. The summed E-state index contributed by atoms with van der Waals surface area (Å²) in [5.41, 5.74) is 3.37. The zero-order valence-corrected chi connectivity index (χ0v) is 19.6. The van der Waals surface area contributed by atoms with E-state index in [1.54, 1.807) is 28.5 Å². The largest absolute Gasteiger partial charge is 0.336 e. The second-order valence-corrected chi connectivity index (χ2v) is 10.4. The molecule has 0 unspecified atom stereocenters. The summed E-state index contributed by atoms with van der Waals surface area (Å²) in [7, 11) is -3.64. The lowest BCUT2D eigenvalue weighted by molar-refractivity contribution is 0.0699. The van der Waals surface area contributed by atoms with Crippen molar-refractivity contribution in [2.24, 2.45) is 0 Å². The normalized spacial score (nSPS) is 15.4. The molecule has 0 atom stereocenters. The van der Waals surface area contributed by atoms with Crippen molar-refractivity contribution in [3.63, 3.8) is 0 Å². The molecule has 3 heterocycles. The molecule has 1 aliphatic heterocycles. The predicted molar refractivity (Wildman–Crippen MR) is 126 cm³/mol. The van der Waals surface area contributed by atoms with Crippen molar-refractivity contribution < 1.29 is 13.2 Å². The predicted octanol–water partition coefficient (Wildman–Crippen LogP) is 2.95. The summed E-state index contributed by atoms with van der Waals surface area (Å²) in [5, 5.41) is 6.37. The number of fused-ring (bicyclic) bond motifs is 2. The Morgan fingerprint density at radius 3 is 2.33 bits per heavy atom. The molecule has 0 saturated carbocycles. The molecule has 1 amide bonds. The fourth-order valence-electron chi connectivity index (χ4n) is 4.44. The number of hydrogen-bond acceptors (Lipinski definition) is 5. The van der Waals surface area contributed by atoms with Crippen molar-refractivity contribution in [1.29, 1.82) is 0 Å². The van der Waals surface area contributed by atoms with E-state index in [0.29, 0.717) is 30.0 Å². The lowest BCUT2D eigenvalue weighted by atomic mass is 10.1. The van der Waals surface area contributed by atoms with E-state index in [2.05, 4.69) is 10.1 Å². The van der Waals surface area contributed by atoms with E-state index in [1.807, 2.05) is 50.2 Å². The summed E-state index contributed by atoms with van der Waals surface area (Å²) >= 11 is 0. The zero-order valence-electron chi connectivity index (χ0n) is 18.8. The number of benzene rings is 2. The minimum absolute atomic E-state index is 0.164. The molecule has 0 N–H and O–H groups in total. The molecule has 0 aliphatic carbocycles. The average Bonchev–Trinajstić information content (AvgIpc) is 3.14. The lowest BCUT2D eigenvalue weighted by Crippen LogP contribution is -2.50. The minimum atomic E-state index is -3.64. The molecule has 5 rings (SSSR count). The number of carbonyl (C=O) groups excluding carboxylic acids is 1. The van der Waals surface area contributed by atoms with E-state index in [1.165, 1.54) is 4.31 Å². The molecule has 2 aromatic heterocycles. The van der Waals surface area contributed by atoms with Crippen LogP contribution in [-0.2, 0) is 10.0 Å². The van der Waals surface area contributed by atoms with Gasteiger partial charge in [0.05, 0.1) is 10.6 Å². The summed E-state index contributed by atoms with van der Waals surface area (Å²) in [6.07, 6.45) is 0. The first-order chi connectivity index (χ1) is 15.8. The Hall–Kier alpha value is -3.30.